The predicted molar refractivity (Wildman–Crippen MR) is 110 cm³/mol. The summed E-state index contributed by atoms with van der Waals surface area (Å²) in [4.78, 5) is 34.4. The second kappa shape index (κ2) is 8.03. The van der Waals surface area contributed by atoms with E-state index in [9.17, 15) is 14.7 Å². The highest BCUT2D eigenvalue weighted by Gasteiger charge is 2.44. The summed E-state index contributed by atoms with van der Waals surface area (Å²) in [5, 5.41) is 11.9. The number of thiazole rings is 1. The van der Waals surface area contributed by atoms with Crippen LogP contribution in [0, 0.1) is 13.8 Å². The van der Waals surface area contributed by atoms with Crippen LogP contribution in [0.4, 0.5) is 0 Å². The minimum Gasteiger partial charge on any atom is -0.503 e. The second-order valence-electron chi connectivity index (χ2n) is 6.99. The molecule has 0 aliphatic carbocycles. The van der Waals surface area contributed by atoms with E-state index >= 15 is 0 Å². The Morgan fingerprint density at radius 3 is 2.46 bits per heavy atom. The Hall–Kier alpha value is -2.22. The molecular weight excluding hydrogens is 398 g/mol. The van der Waals surface area contributed by atoms with Crippen LogP contribution in [-0.2, 0) is 4.79 Å². The molecule has 0 radical (unpaired) electrons. The van der Waals surface area contributed by atoms with Gasteiger partial charge in [0.1, 0.15) is 0 Å². The molecule has 0 fully saturated rings. The van der Waals surface area contributed by atoms with Crippen molar-refractivity contribution >= 4 is 34.6 Å². The molecule has 6 nitrogen and oxygen atoms in total. The lowest BCUT2D eigenvalue weighted by atomic mass is 9.95. The molecule has 1 N–H and O–H groups in total. The van der Waals surface area contributed by atoms with Crippen LogP contribution in [0.1, 0.15) is 32.0 Å². The van der Waals surface area contributed by atoms with Gasteiger partial charge in [0.05, 0.1) is 27.2 Å². The van der Waals surface area contributed by atoms with E-state index in [4.69, 9.17) is 11.6 Å². The molecule has 3 rings (SSSR count). The maximum atomic E-state index is 13.3. The number of amides is 1. The Morgan fingerprint density at radius 1 is 1.29 bits per heavy atom. The smallest absolute Gasteiger partial charge is 0.290 e. The number of halogens is 1. The number of aryl methyl sites for hydroxylation is 2. The molecule has 0 bridgehead atoms. The lowest BCUT2D eigenvalue weighted by Crippen LogP contribution is -2.36. The summed E-state index contributed by atoms with van der Waals surface area (Å²) in [5.74, 6) is -1.39. The minimum absolute atomic E-state index is 0.0952. The maximum absolute atomic E-state index is 13.3. The van der Waals surface area contributed by atoms with Crippen LogP contribution in [0.15, 0.2) is 35.6 Å². The van der Waals surface area contributed by atoms with E-state index in [0.29, 0.717) is 28.7 Å². The number of benzene rings is 1. The lowest BCUT2D eigenvalue weighted by molar-refractivity contribution is -0.129. The van der Waals surface area contributed by atoms with Gasteiger partial charge in [0, 0.05) is 18.1 Å². The van der Waals surface area contributed by atoms with Crippen molar-refractivity contribution in [2.75, 3.05) is 27.2 Å². The Morgan fingerprint density at radius 2 is 1.93 bits per heavy atom. The molecule has 2 heterocycles. The van der Waals surface area contributed by atoms with Crippen molar-refractivity contribution in [1.29, 1.82) is 0 Å². The first-order chi connectivity index (χ1) is 13.2. The number of ketones is 1. The molecule has 1 aromatic heterocycles. The third-order valence-corrected chi connectivity index (χ3v) is 5.96. The standard InChI is InChI=1S/C20H22ClN3O3S/c1-11-19(28-12(2)22-11)17(25)15-16(13-5-7-14(21)8-6-13)24(10-9-23(3)4)20(27)18(15)26/h5-8,16,26H,9-10H2,1-4H3/t16-/m1/s1. The number of aliphatic hydroxyl groups excluding tert-OH is 1. The minimum atomic E-state index is -0.668. The van der Waals surface area contributed by atoms with Gasteiger partial charge in [-0.15, -0.1) is 11.3 Å². The topological polar surface area (TPSA) is 73.7 Å². The van der Waals surface area contributed by atoms with Gasteiger partial charge in [0.25, 0.3) is 5.91 Å². The van der Waals surface area contributed by atoms with E-state index < -0.39 is 17.7 Å². The molecule has 1 amide bonds. The van der Waals surface area contributed by atoms with Crippen molar-refractivity contribution < 1.29 is 14.7 Å². The van der Waals surface area contributed by atoms with E-state index in [-0.39, 0.29) is 11.4 Å². The molecule has 1 atom stereocenters. The summed E-state index contributed by atoms with van der Waals surface area (Å²) < 4.78 is 0. The molecule has 0 spiro atoms. The molecule has 1 aliphatic rings. The third-order valence-electron chi connectivity index (χ3n) is 4.63. The third kappa shape index (κ3) is 3.83. The quantitative estimate of drug-likeness (QED) is 0.725. The first kappa shape index (κ1) is 20.5. The van der Waals surface area contributed by atoms with Crippen LogP contribution in [0.2, 0.25) is 5.02 Å². The Balaban J connectivity index is 2.08. The van der Waals surface area contributed by atoms with Gasteiger partial charge in [-0.25, -0.2) is 4.98 Å². The summed E-state index contributed by atoms with van der Waals surface area (Å²) in [7, 11) is 3.81. The van der Waals surface area contributed by atoms with Crippen molar-refractivity contribution in [3.8, 4) is 0 Å². The number of carbonyl (C=O) groups is 2. The zero-order chi connectivity index (χ0) is 20.6. The fourth-order valence-electron chi connectivity index (χ4n) is 3.28. The highest BCUT2D eigenvalue weighted by Crippen LogP contribution is 2.40. The average Bonchev–Trinajstić information content (AvgIpc) is 3.10. The van der Waals surface area contributed by atoms with Crippen LogP contribution in [0.25, 0.3) is 0 Å². The fraction of sp³-hybridized carbons (Fsp3) is 0.350. The number of carbonyl (C=O) groups excluding carboxylic acids is 2. The summed E-state index contributed by atoms with van der Waals surface area (Å²) in [5.41, 5.74) is 1.42. The fourth-order valence-corrected chi connectivity index (χ4v) is 4.28. The number of hydrogen-bond acceptors (Lipinski definition) is 6. The summed E-state index contributed by atoms with van der Waals surface area (Å²) in [6.07, 6.45) is 0. The van der Waals surface area contributed by atoms with E-state index in [0.717, 1.165) is 10.6 Å². The molecular formula is C20H22ClN3O3S. The first-order valence-electron chi connectivity index (χ1n) is 8.83. The Kier molecular flexibility index (Phi) is 5.88. The predicted octanol–water partition coefficient (Wildman–Crippen LogP) is 3.55. The molecule has 1 aromatic carbocycles. The van der Waals surface area contributed by atoms with Gasteiger partial charge < -0.3 is 14.9 Å². The zero-order valence-electron chi connectivity index (χ0n) is 16.2. The van der Waals surface area contributed by atoms with E-state index in [2.05, 4.69) is 4.98 Å². The first-order valence-corrected chi connectivity index (χ1v) is 10.0. The number of nitrogens with zero attached hydrogens (tertiary/aromatic N) is 3. The van der Waals surface area contributed by atoms with Crippen molar-refractivity contribution in [2.24, 2.45) is 0 Å². The van der Waals surface area contributed by atoms with Crippen molar-refractivity contribution in [3.05, 3.63) is 61.8 Å². The van der Waals surface area contributed by atoms with Gasteiger partial charge >= 0.3 is 0 Å². The normalized spacial score (nSPS) is 17.1. The number of rotatable bonds is 6. The van der Waals surface area contributed by atoms with Gasteiger partial charge in [0.2, 0.25) is 5.78 Å². The largest absolute Gasteiger partial charge is 0.503 e. The molecule has 0 saturated heterocycles. The van der Waals surface area contributed by atoms with Gasteiger partial charge in [-0.1, -0.05) is 23.7 Å². The number of aliphatic hydroxyl groups is 1. The van der Waals surface area contributed by atoms with Crippen LogP contribution < -0.4 is 0 Å². The van der Waals surface area contributed by atoms with Crippen molar-refractivity contribution in [3.63, 3.8) is 0 Å². The summed E-state index contributed by atoms with van der Waals surface area (Å²) in [6, 6.07) is 6.31. The zero-order valence-corrected chi connectivity index (χ0v) is 17.8. The molecule has 8 heteroatoms. The van der Waals surface area contributed by atoms with Crippen LogP contribution >= 0.6 is 22.9 Å². The van der Waals surface area contributed by atoms with Gasteiger partial charge in [-0.05, 0) is 45.6 Å². The Labute approximate surface area is 173 Å². The number of hydrogen-bond donors (Lipinski definition) is 1. The second-order valence-corrected chi connectivity index (χ2v) is 8.63. The molecule has 0 unspecified atom stereocenters. The van der Waals surface area contributed by atoms with Crippen molar-refractivity contribution in [1.82, 2.24) is 14.8 Å². The summed E-state index contributed by atoms with van der Waals surface area (Å²) in [6.45, 7) is 4.55. The van der Waals surface area contributed by atoms with Crippen LogP contribution in [-0.4, -0.2) is 58.8 Å². The van der Waals surface area contributed by atoms with Gasteiger partial charge in [-0.2, -0.15) is 0 Å². The highest BCUT2D eigenvalue weighted by molar-refractivity contribution is 7.14. The van der Waals surface area contributed by atoms with E-state index in [1.807, 2.05) is 25.9 Å². The molecule has 2 aromatic rings. The monoisotopic (exact) mass is 419 g/mol. The maximum Gasteiger partial charge on any atom is 0.290 e. The number of likely N-dealkylation sites (N-methyl/N-ethyl adjacent to an activating group) is 1. The SMILES string of the molecule is Cc1nc(C)c(C(=O)C2=C(O)C(=O)N(CCN(C)C)[C@@H]2c2ccc(Cl)cc2)s1. The molecule has 28 heavy (non-hydrogen) atoms. The van der Waals surface area contributed by atoms with Crippen LogP contribution in [0.3, 0.4) is 0 Å². The van der Waals surface area contributed by atoms with E-state index in [1.165, 1.54) is 16.2 Å². The average molecular weight is 420 g/mol. The van der Waals surface area contributed by atoms with Crippen molar-refractivity contribution in [2.45, 2.75) is 19.9 Å². The van der Waals surface area contributed by atoms with Gasteiger partial charge in [-0.3, -0.25) is 9.59 Å². The van der Waals surface area contributed by atoms with Gasteiger partial charge in [0.15, 0.2) is 5.76 Å². The number of aromatic nitrogens is 1. The number of Topliss-reactive ketones (excluding diaryl/α,β-unsaturated/α-hetero) is 1. The van der Waals surface area contributed by atoms with Crippen LogP contribution in [0.5, 0.6) is 0 Å². The molecule has 1 aliphatic heterocycles. The Bertz CT molecular complexity index is 950. The molecule has 0 saturated carbocycles. The lowest BCUT2D eigenvalue weighted by Gasteiger charge is -2.28. The van der Waals surface area contributed by atoms with E-state index in [1.54, 1.807) is 31.2 Å². The summed E-state index contributed by atoms with van der Waals surface area (Å²) >= 11 is 7.28. The molecule has 148 valence electrons. The highest BCUT2D eigenvalue weighted by atomic mass is 35.5.